The zero-order chi connectivity index (χ0) is 19.1. The Labute approximate surface area is 167 Å². The molecule has 1 amide bonds. The number of carbonyl (C=O) groups is 1. The molecule has 0 saturated carbocycles. The van der Waals surface area contributed by atoms with Crippen LogP contribution in [0, 0.1) is 0 Å². The lowest BCUT2D eigenvalue weighted by molar-refractivity contribution is 0.0913. The van der Waals surface area contributed by atoms with Gasteiger partial charge in [0.05, 0.1) is 24.5 Å². The van der Waals surface area contributed by atoms with Gasteiger partial charge in [0.2, 0.25) is 0 Å². The van der Waals surface area contributed by atoms with Gasteiger partial charge in [0.25, 0.3) is 5.91 Å². The lowest BCUT2D eigenvalue weighted by Gasteiger charge is -2.22. The van der Waals surface area contributed by atoms with E-state index in [0.29, 0.717) is 17.4 Å². The number of hydrogen-bond donors (Lipinski definition) is 0. The molecule has 1 atom stereocenters. The van der Waals surface area contributed by atoms with Crippen molar-refractivity contribution in [1.29, 1.82) is 0 Å². The maximum Gasteiger partial charge on any atom is 0.278 e. The van der Waals surface area contributed by atoms with Gasteiger partial charge in [0, 0.05) is 36.0 Å². The van der Waals surface area contributed by atoms with E-state index in [0.717, 1.165) is 43.5 Å². The first-order valence-corrected chi connectivity index (χ1v) is 10.4. The number of aromatic nitrogens is 4. The van der Waals surface area contributed by atoms with E-state index in [2.05, 4.69) is 10.1 Å². The van der Waals surface area contributed by atoms with E-state index in [1.165, 1.54) is 10.6 Å². The van der Waals surface area contributed by atoms with E-state index in [1.807, 2.05) is 30.1 Å². The topological polar surface area (TPSA) is 73.1 Å². The van der Waals surface area contributed by atoms with Crippen molar-refractivity contribution in [1.82, 2.24) is 19.7 Å². The van der Waals surface area contributed by atoms with Crippen LogP contribution in [0.4, 0.5) is 5.13 Å². The molecule has 3 aromatic heterocycles. The molecule has 144 valence electrons. The molecule has 1 saturated heterocycles. The average Bonchev–Trinajstić information content (AvgIpc) is 3.46. The molecule has 4 heterocycles. The predicted octanol–water partition coefficient (Wildman–Crippen LogP) is 2.86. The molecule has 1 aliphatic heterocycles. The Balaban J connectivity index is 1.53. The summed E-state index contributed by atoms with van der Waals surface area (Å²) in [5.74, 6) is -0.131. The third-order valence-corrected chi connectivity index (χ3v) is 6.50. The van der Waals surface area contributed by atoms with Crippen molar-refractivity contribution in [2.24, 2.45) is 7.05 Å². The monoisotopic (exact) mass is 395 g/mol. The fraction of sp³-hybridized carbons (Fsp3) is 0.400. The van der Waals surface area contributed by atoms with Crippen LogP contribution in [0.3, 0.4) is 0 Å². The maximum absolute atomic E-state index is 13.3. The number of thiazole rings is 1. The van der Waals surface area contributed by atoms with Gasteiger partial charge >= 0.3 is 0 Å². The summed E-state index contributed by atoms with van der Waals surface area (Å²) in [5, 5.41) is 5.10. The molecule has 0 bridgehead atoms. The van der Waals surface area contributed by atoms with Crippen molar-refractivity contribution in [2.45, 2.75) is 31.8 Å². The molecule has 8 heteroatoms. The number of fused-ring (bicyclic) bond motifs is 3. The first-order chi connectivity index (χ1) is 13.7. The molecule has 28 heavy (non-hydrogen) atoms. The number of anilines is 1. The maximum atomic E-state index is 13.3. The van der Waals surface area contributed by atoms with Gasteiger partial charge in [-0.25, -0.2) is 4.98 Å². The number of amides is 1. The van der Waals surface area contributed by atoms with E-state index in [4.69, 9.17) is 9.72 Å². The van der Waals surface area contributed by atoms with Gasteiger partial charge in [-0.05, 0) is 37.8 Å². The molecule has 0 radical (unpaired) electrons. The minimum atomic E-state index is -0.131. The highest BCUT2D eigenvalue weighted by Crippen LogP contribution is 2.39. The Morgan fingerprint density at radius 1 is 1.39 bits per heavy atom. The normalized spacial score (nSPS) is 18.0. The van der Waals surface area contributed by atoms with E-state index in [1.54, 1.807) is 28.5 Å². The van der Waals surface area contributed by atoms with Crippen LogP contribution < -0.4 is 4.90 Å². The number of rotatable bonds is 4. The molecule has 0 aromatic carbocycles. The Bertz CT molecular complexity index is 1010. The third-order valence-electron chi connectivity index (χ3n) is 5.36. The summed E-state index contributed by atoms with van der Waals surface area (Å²) >= 11 is 1.60. The highest BCUT2D eigenvalue weighted by molar-refractivity contribution is 7.16. The Hall–Kier alpha value is -2.58. The van der Waals surface area contributed by atoms with Crippen LogP contribution in [-0.4, -0.2) is 44.9 Å². The van der Waals surface area contributed by atoms with E-state index in [9.17, 15) is 4.79 Å². The van der Waals surface area contributed by atoms with Crippen molar-refractivity contribution in [2.75, 3.05) is 18.1 Å². The number of pyridine rings is 1. The minimum absolute atomic E-state index is 0.0440. The second-order valence-electron chi connectivity index (χ2n) is 7.16. The molecule has 3 aromatic rings. The quantitative estimate of drug-likeness (QED) is 0.679. The van der Waals surface area contributed by atoms with Crippen LogP contribution in [0.25, 0.3) is 11.3 Å². The minimum Gasteiger partial charge on any atom is -0.376 e. The first-order valence-electron chi connectivity index (χ1n) is 9.56. The zero-order valence-corrected chi connectivity index (χ0v) is 16.5. The van der Waals surface area contributed by atoms with Crippen molar-refractivity contribution < 1.29 is 9.53 Å². The first kappa shape index (κ1) is 17.5. The smallest absolute Gasteiger partial charge is 0.278 e. The number of aryl methyl sites for hydroxylation is 2. The van der Waals surface area contributed by atoms with E-state index < -0.39 is 0 Å². The fourth-order valence-corrected chi connectivity index (χ4v) is 4.97. The standard InChI is InChI=1S/C20H21N5O2S/c1-24-16-7-8-17-18(14(16)11-22-24)23-20(28-17)25(12-13-5-4-10-27-13)19(26)15-6-2-3-9-21-15/h2-3,6,9,11,13H,4-5,7-8,10,12H2,1H3. The largest absolute Gasteiger partial charge is 0.376 e. The predicted molar refractivity (Wildman–Crippen MR) is 107 cm³/mol. The van der Waals surface area contributed by atoms with Crippen molar-refractivity contribution >= 4 is 22.4 Å². The van der Waals surface area contributed by atoms with Gasteiger partial charge in [-0.1, -0.05) is 6.07 Å². The summed E-state index contributed by atoms with van der Waals surface area (Å²) in [4.78, 5) is 25.3. The van der Waals surface area contributed by atoms with Gasteiger partial charge in [-0.3, -0.25) is 19.4 Å². The molecule has 0 N–H and O–H groups in total. The van der Waals surface area contributed by atoms with Crippen LogP contribution in [0.2, 0.25) is 0 Å². The highest BCUT2D eigenvalue weighted by atomic mass is 32.1. The van der Waals surface area contributed by atoms with Gasteiger partial charge in [0.1, 0.15) is 5.69 Å². The van der Waals surface area contributed by atoms with Crippen LogP contribution in [0.15, 0.2) is 30.6 Å². The molecule has 7 nitrogen and oxygen atoms in total. The van der Waals surface area contributed by atoms with Gasteiger partial charge in [-0.15, -0.1) is 11.3 Å². The summed E-state index contributed by atoms with van der Waals surface area (Å²) < 4.78 is 7.72. The van der Waals surface area contributed by atoms with Gasteiger partial charge < -0.3 is 4.74 Å². The van der Waals surface area contributed by atoms with Crippen LogP contribution in [-0.2, 0) is 24.6 Å². The number of carbonyl (C=O) groups excluding carboxylic acids is 1. The number of hydrogen-bond acceptors (Lipinski definition) is 6. The molecule has 1 aliphatic carbocycles. The molecule has 1 unspecified atom stereocenters. The molecule has 5 rings (SSSR count). The molecule has 1 fully saturated rings. The Morgan fingerprint density at radius 2 is 2.32 bits per heavy atom. The Morgan fingerprint density at radius 3 is 3.11 bits per heavy atom. The third kappa shape index (κ3) is 3.02. The summed E-state index contributed by atoms with van der Waals surface area (Å²) in [6, 6.07) is 5.39. The van der Waals surface area contributed by atoms with E-state index >= 15 is 0 Å². The summed E-state index contributed by atoms with van der Waals surface area (Å²) in [6.07, 6.45) is 7.43. The lowest BCUT2D eigenvalue weighted by atomic mass is 10.0. The number of ether oxygens (including phenoxy) is 1. The molecular weight excluding hydrogens is 374 g/mol. The fourth-order valence-electron chi connectivity index (χ4n) is 3.89. The number of nitrogens with zero attached hydrogens (tertiary/aromatic N) is 5. The van der Waals surface area contributed by atoms with E-state index in [-0.39, 0.29) is 12.0 Å². The lowest BCUT2D eigenvalue weighted by Crippen LogP contribution is -2.37. The van der Waals surface area contributed by atoms with Crippen LogP contribution in [0.1, 0.15) is 33.9 Å². The van der Waals surface area contributed by atoms with Gasteiger partial charge in [-0.2, -0.15) is 5.10 Å². The second-order valence-corrected chi connectivity index (χ2v) is 8.22. The molecule has 0 spiro atoms. The summed E-state index contributed by atoms with van der Waals surface area (Å²) in [7, 11) is 1.96. The molecule has 2 aliphatic rings. The summed E-state index contributed by atoms with van der Waals surface area (Å²) in [6.45, 7) is 1.26. The van der Waals surface area contributed by atoms with Crippen LogP contribution in [0.5, 0.6) is 0 Å². The van der Waals surface area contributed by atoms with Crippen molar-refractivity contribution in [3.63, 3.8) is 0 Å². The zero-order valence-electron chi connectivity index (χ0n) is 15.7. The second kappa shape index (κ2) is 7.10. The van der Waals surface area contributed by atoms with Crippen molar-refractivity contribution in [3.8, 4) is 11.3 Å². The van der Waals surface area contributed by atoms with Gasteiger partial charge in [0.15, 0.2) is 5.13 Å². The highest BCUT2D eigenvalue weighted by Gasteiger charge is 2.30. The van der Waals surface area contributed by atoms with Crippen molar-refractivity contribution in [3.05, 3.63) is 46.9 Å². The summed E-state index contributed by atoms with van der Waals surface area (Å²) in [5.41, 5.74) is 3.66. The average molecular weight is 395 g/mol. The van der Waals surface area contributed by atoms with Crippen LogP contribution >= 0.6 is 11.3 Å². The SMILES string of the molecule is Cn1ncc2c1CCc1sc(N(CC3CCCO3)C(=O)c3ccccn3)nc1-2. The Kier molecular flexibility index (Phi) is 4.44. The molecular formula is C20H21N5O2S.